The van der Waals surface area contributed by atoms with E-state index in [1.807, 2.05) is 6.07 Å². The third kappa shape index (κ3) is 2.76. The highest BCUT2D eigenvalue weighted by atomic mass is 79.9. The summed E-state index contributed by atoms with van der Waals surface area (Å²) in [5.74, 6) is 0.499. The number of rotatable bonds is 3. The van der Waals surface area contributed by atoms with E-state index in [0.29, 0.717) is 18.5 Å². The minimum atomic E-state index is -0.136. The average Bonchev–Trinajstić information content (AvgIpc) is 2.71. The molecule has 0 saturated carbocycles. The summed E-state index contributed by atoms with van der Waals surface area (Å²) in [5, 5.41) is 0. The lowest BCUT2D eigenvalue weighted by Gasteiger charge is -2.22. The first-order valence-corrected chi connectivity index (χ1v) is 6.77. The summed E-state index contributed by atoms with van der Waals surface area (Å²) in [7, 11) is 0. The second-order valence-electron chi connectivity index (χ2n) is 4.16. The quantitative estimate of drug-likeness (QED) is 0.768. The second kappa shape index (κ2) is 5.48. The van der Waals surface area contributed by atoms with E-state index in [2.05, 4.69) is 20.8 Å². The summed E-state index contributed by atoms with van der Waals surface area (Å²) >= 11 is 9.26. The molecule has 1 atom stereocenters. The zero-order chi connectivity index (χ0) is 11.5. The Balaban J connectivity index is 2.11. The molecule has 88 valence electrons. The maximum absolute atomic E-state index is 13.6. The number of halogens is 3. The van der Waals surface area contributed by atoms with Gasteiger partial charge >= 0.3 is 0 Å². The van der Waals surface area contributed by atoms with E-state index in [1.54, 1.807) is 6.07 Å². The molecule has 16 heavy (non-hydrogen) atoms. The van der Waals surface area contributed by atoms with Gasteiger partial charge in [0, 0.05) is 28.5 Å². The molecule has 1 aliphatic heterocycles. The van der Waals surface area contributed by atoms with Gasteiger partial charge in [0.05, 0.1) is 0 Å². The van der Waals surface area contributed by atoms with Crippen LogP contribution in [0, 0.1) is 5.82 Å². The fraction of sp³-hybridized carbons (Fsp3) is 0.500. The van der Waals surface area contributed by atoms with E-state index in [4.69, 9.17) is 11.6 Å². The van der Waals surface area contributed by atoms with E-state index < -0.39 is 0 Å². The summed E-state index contributed by atoms with van der Waals surface area (Å²) < 4.78 is 14.5. The Morgan fingerprint density at radius 2 is 2.31 bits per heavy atom. The van der Waals surface area contributed by atoms with Gasteiger partial charge in [0.1, 0.15) is 5.82 Å². The Hall–Kier alpha value is -0.120. The van der Waals surface area contributed by atoms with Crippen molar-refractivity contribution in [2.24, 2.45) is 0 Å². The van der Waals surface area contributed by atoms with E-state index in [-0.39, 0.29) is 5.82 Å². The van der Waals surface area contributed by atoms with Crippen molar-refractivity contribution < 1.29 is 4.39 Å². The highest BCUT2D eigenvalue weighted by molar-refractivity contribution is 9.10. The highest BCUT2D eigenvalue weighted by Gasteiger charge is 2.24. The fourth-order valence-corrected chi connectivity index (χ4v) is 2.92. The number of likely N-dealkylation sites (tertiary alicyclic amines) is 1. The number of hydrogen-bond donors (Lipinski definition) is 0. The molecule has 1 heterocycles. The first kappa shape index (κ1) is 12.3. The monoisotopic (exact) mass is 305 g/mol. The van der Waals surface area contributed by atoms with Gasteiger partial charge in [0.15, 0.2) is 0 Å². The smallest absolute Gasteiger partial charge is 0.127 e. The van der Waals surface area contributed by atoms with Gasteiger partial charge in [-0.1, -0.05) is 15.9 Å². The summed E-state index contributed by atoms with van der Waals surface area (Å²) in [5.41, 5.74) is 0.742. The maximum Gasteiger partial charge on any atom is 0.127 e. The van der Waals surface area contributed by atoms with Crippen molar-refractivity contribution in [1.82, 2.24) is 4.90 Å². The molecule has 0 amide bonds. The predicted octanol–water partition coefficient (Wildman–Crippen LogP) is 3.79. The maximum atomic E-state index is 13.6. The average molecular weight is 307 g/mol. The summed E-state index contributed by atoms with van der Waals surface area (Å²) in [6.45, 7) is 1.67. The molecule has 1 aromatic rings. The van der Waals surface area contributed by atoms with Crippen LogP contribution < -0.4 is 0 Å². The first-order chi connectivity index (χ1) is 7.70. The molecule has 0 N–H and O–H groups in total. The van der Waals surface area contributed by atoms with Gasteiger partial charge in [0.25, 0.3) is 0 Å². The zero-order valence-electron chi connectivity index (χ0n) is 8.93. The lowest BCUT2D eigenvalue weighted by atomic mass is 10.2. The molecule has 0 radical (unpaired) electrons. The van der Waals surface area contributed by atoms with Crippen molar-refractivity contribution in [3.05, 3.63) is 34.1 Å². The van der Waals surface area contributed by atoms with E-state index in [1.165, 1.54) is 6.07 Å². The third-order valence-corrected chi connectivity index (χ3v) is 3.91. The number of benzene rings is 1. The Labute approximate surface area is 109 Å². The summed E-state index contributed by atoms with van der Waals surface area (Å²) in [6, 6.07) is 5.48. The number of nitrogens with zero attached hydrogens (tertiary/aromatic N) is 1. The molecule has 1 aromatic carbocycles. The fourth-order valence-electron chi connectivity index (χ4n) is 2.16. The van der Waals surface area contributed by atoms with Crippen LogP contribution in [-0.4, -0.2) is 23.4 Å². The van der Waals surface area contributed by atoms with E-state index in [9.17, 15) is 4.39 Å². The van der Waals surface area contributed by atoms with Crippen molar-refractivity contribution in [3.8, 4) is 0 Å². The summed E-state index contributed by atoms with van der Waals surface area (Å²) in [4.78, 5) is 2.26. The largest absolute Gasteiger partial charge is 0.295 e. The lowest BCUT2D eigenvalue weighted by molar-refractivity contribution is 0.259. The normalized spacial score (nSPS) is 21.6. The van der Waals surface area contributed by atoms with Crippen LogP contribution in [-0.2, 0) is 6.54 Å². The van der Waals surface area contributed by atoms with Crippen molar-refractivity contribution in [1.29, 1.82) is 0 Å². The van der Waals surface area contributed by atoms with Gasteiger partial charge in [-0.25, -0.2) is 4.39 Å². The Morgan fingerprint density at radius 1 is 1.50 bits per heavy atom. The molecule has 4 heteroatoms. The molecular weight excluding hydrogens is 292 g/mol. The molecule has 1 unspecified atom stereocenters. The van der Waals surface area contributed by atoms with Gasteiger partial charge in [0.2, 0.25) is 0 Å². The molecule has 1 saturated heterocycles. The van der Waals surface area contributed by atoms with Crippen LogP contribution in [0.3, 0.4) is 0 Å². The van der Waals surface area contributed by atoms with Crippen LogP contribution in [0.2, 0.25) is 0 Å². The van der Waals surface area contributed by atoms with Gasteiger partial charge in [-0.15, -0.1) is 11.6 Å². The van der Waals surface area contributed by atoms with E-state index >= 15 is 0 Å². The molecule has 0 bridgehead atoms. The minimum Gasteiger partial charge on any atom is -0.295 e. The van der Waals surface area contributed by atoms with Crippen LogP contribution in [0.4, 0.5) is 4.39 Å². The van der Waals surface area contributed by atoms with Crippen LogP contribution in [0.1, 0.15) is 18.4 Å². The van der Waals surface area contributed by atoms with Crippen LogP contribution in [0.15, 0.2) is 22.7 Å². The van der Waals surface area contributed by atoms with Crippen molar-refractivity contribution in [2.75, 3.05) is 12.4 Å². The van der Waals surface area contributed by atoms with Crippen LogP contribution in [0.25, 0.3) is 0 Å². The minimum absolute atomic E-state index is 0.136. The molecular formula is C12H14BrClFN. The lowest BCUT2D eigenvalue weighted by Crippen LogP contribution is -2.30. The van der Waals surface area contributed by atoms with Crippen molar-refractivity contribution in [3.63, 3.8) is 0 Å². The number of alkyl halides is 1. The van der Waals surface area contributed by atoms with Crippen molar-refractivity contribution in [2.45, 2.75) is 25.4 Å². The molecule has 1 aliphatic rings. The highest BCUT2D eigenvalue weighted by Crippen LogP contribution is 2.23. The standard InChI is InChI=1S/C12H14BrClFN/c13-10-3-4-12(15)9(6-10)8-16-5-1-2-11(16)7-14/h3-4,6,11H,1-2,5,7-8H2. The SMILES string of the molecule is Fc1ccc(Br)cc1CN1CCCC1CCl. The van der Waals surface area contributed by atoms with Crippen LogP contribution in [0.5, 0.6) is 0 Å². The van der Waals surface area contributed by atoms with Gasteiger partial charge in [-0.3, -0.25) is 4.90 Å². The first-order valence-electron chi connectivity index (χ1n) is 5.44. The van der Waals surface area contributed by atoms with Gasteiger partial charge < -0.3 is 0 Å². The predicted molar refractivity (Wildman–Crippen MR) is 68.3 cm³/mol. The molecule has 0 spiro atoms. The van der Waals surface area contributed by atoms with Crippen LogP contribution >= 0.6 is 27.5 Å². The Morgan fingerprint density at radius 3 is 3.06 bits per heavy atom. The second-order valence-corrected chi connectivity index (χ2v) is 5.38. The number of hydrogen-bond acceptors (Lipinski definition) is 1. The molecule has 0 aromatic heterocycles. The Kier molecular flexibility index (Phi) is 4.22. The Bertz CT molecular complexity index is 372. The summed E-state index contributed by atoms with van der Waals surface area (Å²) in [6.07, 6.45) is 2.28. The molecule has 1 nitrogen and oxygen atoms in total. The van der Waals surface area contributed by atoms with E-state index in [0.717, 1.165) is 29.4 Å². The molecule has 2 rings (SSSR count). The topological polar surface area (TPSA) is 3.24 Å². The third-order valence-electron chi connectivity index (χ3n) is 3.06. The van der Waals surface area contributed by atoms with Gasteiger partial charge in [-0.2, -0.15) is 0 Å². The van der Waals surface area contributed by atoms with Crippen molar-refractivity contribution >= 4 is 27.5 Å². The molecule has 0 aliphatic carbocycles. The molecule has 1 fully saturated rings. The van der Waals surface area contributed by atoms with Gasteiger partial charge in [-0.05, 0) is 37.6 Å². The zero-order valence-corrected chi connectivity index (χ0v) is 11.3.